The fourth-order valence-corrected chi connectivity index (χ4v) is 2.20. The Morgan fingerprint density at radius 1 is 1.17 bits per heavy atom. The maximum Gasteiger partial charge on any atom is 0.162 e. The van der Waals surface area contributed by atoms with Gasteiger partial charge in [-0.2, -0.15) is 0 Å². The summed E-state index contributed by atoms with van der Waals surface area (Å²) in [7, 11) is 0. The molecule has 2 heterocycles. The van der Waals surface area contributed by atoms with Crippen molar-refractivity contribution in [3.05, 3.63) is 30.1 Å². The van der Waals surface area contributed by atoms with Crippen LogP contribution in [0, 0.1) is 0 Å². The van der Waals surface area contributed by atoms with E-state index in [1.165, 1.54) is 0 Å². The predicted molar refractivity (Wildman–Crippen MR) is 68.0 cm³/mol. The summed E-state index contributed by atoms with van der Waals surface area (Å²) in [6.45, 7) is 4.58. The fourth-order valence-electron chi connectivity index (χ4n) is 2.20. The highest BCUT2D eigenvalue weighted by molar-refractivity contribution is 5.88. The molecule has 4 nitrogen and oxygen atoms in total. The molecule has 2 aromatic rings. The summed E-state index contributed by atoms with van der Waals surface area (Å²) in [4.78, 5) is 4.28. The van der Waals surface area contributed by atoms with Gasteiger partial charge >= 0.3 is 0 Å². The third-order valence-corrected chi connectivity index (χ3v) is 3.01. The number of hydrogen-bond acceptors (Lipinski definition) is 4. The smallest absolute Gasteiger partial charge is 0.162 e. The van der Waals surface area contributed by atoms with Crippen molar-refractivity contribution in [1.82, 2.24) is 4.98 Å². The molecule has 1 aliphatic heterocycles. The maximum absolute atomic E-state index is 10.2. The molecule has 0 fully saturated rings. The lowest BCUT2D eigenvalue weighted by molar-refractivity contribution is 0.0756. The van der Waals surface area contributed by atoms with Gasteiger partial charge in [0.15, 0.2) is 11.5 Å². The van der Waals surface area contributed by atoms with Crippen molar-refractivity contribution in [2.24, 2.45) is 0 Å². The third-order valence-electron chi connectivity index (χ3n) is 3.01. The molecule has 0 atom stereocenters. The van der Waals surface area contributed by atoms with Gasteiger partial charge in [0.2, 0.25) is 0 Å². The van der Waals surface area contributed by atoms with Crippen molar-refractivity contribution in [2.75, 3.05) is 13.2 Å². The van der Waals surface area contributed by atoms with Crippen LogP contribution in [-0.2, 0) is 5.60 Å². The summed E-state index contributed by atoms with van der Waals surface area (Å²) in [5.41, 5.74) is -0.333. The van der Waals surface area contributed by atoms with Crippen LogP contribution in [0.2, 0.25) is 0 Å². The van der Waals surface area contributed by atoms with E-state index in [9.17, 15) is 5.11 Å². The summed E-state index contributed by atoms with van der Waals surface area (Å²) in [6, 6.07) is 5.73. The topological polar surface area (TPSA) is 51.6 Å². The maximum atomic E-state index is 10.2. The van der Waals surface area contributed by atoms with Crippen LogP contribution in [0.25, 0.3) is 10.8 Å². The van der Waals surface area contributed by atoms with E-state index in [2.05, 4.69) is 4.98 Å². The number of rotatable bonds is 1. The largest absolute Gasteiger partial charge is 0.486 e. The molecule has 1 aliphatic rings. The Hall–Kier alpha value is -1.81. The van der Waals surface area contributed by atoms with Gasteiger partial charge in [-0.05, 0) is 37.4 Å². The molecule has 0 saturated heterocycles. The Kier molecular flexibility index (Phi) is 2.41. The highest BCUT2D eigenvalue weighted by Crippen LogP contribution is 2.37. The number of pyridine rings is 1. The second kappa shape index (κ2) is 3.85. The van der Waals surface area contributed by atoms with Crippen molar-refractivity contribution >= 4 is 10.8 Å². The summed E-state index contributed by atoms with van der Waals surface area (Å²) in [5.74, 6) is 1.47. The second-order valence-electron chi connectivity index (χ2n) is 4.94. The minimum atomic E-state index is -0.983. The monoisotopic (exact) mass is 245 g/mol. The SMILES string of the molecule is CC(C)(O)c1nccc2cc3c(cc12)OCCO3. The van der Waals surface area contributed by atoms with Crippen LogP contribution in [0.5, 0.6) is 11.5 Å². The number of aliphatic hydroxyl groups is 1. The van der Waals surface area contributed by atoms with Crippen LogP contribution in [0.3, 0.4) is 0 Å². The van der Waals surface area contributed by atoms with Gasteiger partial charge in [0.25, 0.3) is 0 Å². The fraction of sp³-hybridized carbons (Fsp3) is 0.357. The minimum Gasteiger partial charge on any atom is -0.486 e. The molecule has 3 rings (SSSR count). The van der Waals surface area contributed by atoms with E-state index in [1.54, 1.807) is 20.0 Å². The van der Waals surface area contributed by atoms with E-state index >= 15 is 0 Å². The number of aromatic nitrogens is 1. The molecule has 1 aromatic carbocycles. The first-order chi connectivity index (χ1) is 8.55. The predicted octanol–water partition coefficient (Wildman–Crippen LogP) is 2.23. The molecule has 0 amide bonds. The average Bonchev–Trinajstić information content (AvgIpc) is 2.34. The first-order valence-electron chi connectivity index (χ1n) is 5.97. The second-order valence-corrected chi connectivity index (χ2v) is 4.94. The molecule has 1 aromatic heterocycles. The van der Waals surface area contributed by atoms with Crippen LogP contribution in [-0.4, -0.2) is 23.3 Å². The summed E-state index contributed by atoms with van der Waals surface area (Å²) in [5, 5.41) is 12.0. The molecule has 4 heteroatoms. The molecule has 0 aliphatic carbocycles. The van der Waals surface area contributed by atoms with Crippen molar-refractivity contribution in [3.63, 3.8) is 0 Å². The first-order valence-corrected chi connectivity index (χ1v) is 5.97. The average molecular weight is 245 g/mol. The van der Waals surface area contributed by atoms with Gasteiger partial charge in [0.05, 0.1) is 5.69 Å². The lowest BCUT2D eigenvalue weighted by atomic mass is 9.98. The quantitative estimate of drug-likeness (QED) is 0.837. The summed E-state index contributed by atoms with van der Waals surface area (Å²) < 4.78 is 11.1. The van der Waals surface area contributed by atoms with Crippen LogP contribution >= 0.6 is 0 Å². The molecule has 1 N–H and O–H groups in total. The summed E-state index contributed by atoms with van der Waals surface area (Å²) >= 11 is 0. The zero-order valence-electron chi connectivity index (χ0n) is 10.4. The van der Waals surface area contributed by atoms with Crippen LogP contribution in [0.4, 0.5) is 0 Å². The minimum absolute atomic E-state index is 0.552. The van der Waals surface area contributed by atoms with Gasteiger partial charge in [-0.15, -0.1) is 0 Å². The summed E-state index contributed by atoms with van der Waals surface area (Å²) in [6.07, 6.45) is 1.70. The van der Waals surface area contributed by atoms with Crippen LogP contribution in [0.15, 0.2) is 24.4 Å². The van der Waals surface area contributed by atoms with E-state index in [4.69, 9.17) is 9.47 Å². The van der Waals surface area contributed by atoms with Crippen LogP contribution in [0.1, 0.15) is 19.5 Å². The number of hydrogen-bond donors (Lipinski definition) is 1. The Bertz CT molecular complexity index is 602. The number of nitrogens with zero attached hydrogens (tertiary/aromatic N) is 1. The van der Waals surface area contributed by atoms with Gasteiger partial charge in [-0.1, -0.05) is 0 Å². The zero-order chi connectivity index (χ0) is 12.8. The molecule has 94 valence electrons. The van der Waals surface area contributed by atoms with E-state index < -0.39 is 5.60 Å². The van der Waals surface area contributed by atoms with Crippen molar-refractivity contribution in [2.45, 2.75) is 19.4 Å². The molecule has 0 bridgehead atoms. The normalized spacial score (nSPS) is 14.8. The molecule has 18 heavy (non-hydrogen) atoms. The molecular weight excluding hydrogens is 230 g/mol. The Morgan fingerprint density at radius 2 is 1.83 bits per heavy atom. The van der Waals surface area contributed by atoms with Crippen molar-refractivity contribution in [3.8, 4) is 11.5 Å². The van der Waals surface area contributed by atoms with Crippen LogP contribution < -0.4 is 9.47 Å². The molecule has 0 saturated carbocycles. The van der Waals surface area contributed by atoms with Crippen molar-refractivity contribution < 1.29 is 14.6 Å². The Balaban J connectivity index is 2.28. The molecule has 0 radical (unpaired) electrons. The van der Waals surface area contributed by atoms with Gasteiger partial charge in [-0.3, -0.25) is 4.98 Å². The number of benzene rings is 1. The van der Waals surface area contributed by atoms with E-state index in [1.807, 2.05) is 18.2 Å². The molecular formula is C14H15NO3. The number of ether oxygens (including phenoxy) is 2. The Labute approximate surface area is 105 Å². The van der Waals surface area contributed by atoms with Gasteiger partial charge in [0.1, 0.15) is 18.8 Å². The van der Waals surface area contributed by atoms with Gasteiger partial charge < -0.3 is 14.6 Å². The molecule has 0 spiro atoms. The lowest BCUT2D eigenvalue weighted by Crippen LogP contribution is -2.19. The van der Waals surface area contributed by atoms with E-state index in [0.717, 1.165) is 16.5 Å². The number of fused-ring (bicyclic) bond motifs is 2. The van der Waals surface area contributed by atoms with E-state index in [0.29, 0.717) is 24.7 Å². The Morgan fingerprint density at radius 3 is 2.50 bits per heavy atom. The third kappa shape index (κ3) is 1.78. The highest BCUT2D eigenvalue weighted by Gasteiger charge is 2.22. The highest BCUT2D eigenvalue weighted by atomic mass is 16.6. The van der Waals surface area contributed by atoms with Gasteiger partial charge in [-0.25, -0.2) is 0 Å². The first kappa shape index (κ1) is 11.3. The van der Waals surface area contributed by atoms with Gasteiger partial charge in [0, 0.05) is 11.6 Å². The zero-order valence-corrected chi connectivity index (χ0v) is 10.4. The van der Waals surface area contributed by atoms with Crippen molar-refractivity contribution in [1.29, 1.82) is 0 Å². The standard InChI is InChI=1S/C14H15NO3/c1-14(2,16)13-10-8-12-11(17-5-6-18-12)7-9(10)3-4-15-13/h3-4,7-8,16H,5-6H2,1-2H3. The lowest BCUT2D eigenvalue weighted by Gasteiger charge is -2.22. The molecule has 0 unspecified atom stereocenters. The van der Waals surface area contributed by atoms with E-state index in [-0.39, 0.29) is 0 Å².